The highest BCUT2D eigenvalue weighted by Crippen LogP contribution is 2.43. The largest absolute Gasteiger partial charge is 0.450 e. The molecule has 1 saturated heterocycles. The zero-order chi connectivity index (χ0) is 44.5. The van der Waals surface area contributed by atoms with Crippen LogP contribution in [0.15, 0.2) is 90.1 Å². The summed E-state index contributed by atoms with van der Waals surface area (Å²) >= 11 is 2.57. The van der Waals surface area contributed by atoms with Crippen LogP contribution < -0.4 is 15.3 Å². The van der Waals surface area contributed by atoms with E-state index in [9.17, 15) is 32.1 Å². The van der Waals surface area contributed by atoms with E-state index in [1.807, 2.05) is 70.0 Å². The van der Waals surface area contributed by atoms with Crippen molar-refractivity contribution in [1.29, 1.82) is 0 Å². The van der Waals surface area contributed by atoms with Gasteiger partial charge >= 0.3 is 28.7 Å². The van der Waals surface area contributed by atoms with Gasteiger partial charge in [0.1, 0.15) is 29.9 Å². The summed E-state index contributed by atoms with van der Waals surface area (Å²) in [6.45, 7) is 6.23. The lowest BCUT2D eigenvalue weighted by molar-refractivity contribution is -0.758. The van der Waals surface area contributed by atoms with Gasteiger partial charge in [0.2, 0.25) is 11.9 Å². The molecule has 0 radical (unpaired) electrons. The van der Waals surface area contributed by atoms with E-state index in [1.54, 1.807) is 45.2 Å². The third-order valence-electron chi connectivity index (χ3n) is 10.0. The molecule has 21 nitrogen and oxygen atoms in total. The molecule has 1 saturated carbocycles. The van der Waals surface area contributed by atoms with Gasteiger partial charge in [-0.25, -0.2) is 18.9 Å². The third kappa shape index (κ3) is 10.0. The highest BCUT2D eigenvalue weighted by Gasteiger charge is 2.57. The Bertz CT molecular complexity index is 2580. The Morgan fingerprint density at radius 1 is 1.10 bits per heavy atom. The van der Waals surface area contributed by atoms with Crippen molar-refractivity contribution < 1.29 is 51.1 Å². The number of nitrogens with zero attached hydrogens (tertiary/aromatic N) is 9. The zero-order valence-corrected chi connectivity index (χ0v) is 36.5. The Kier molecular flexibility index (Phi) is 12.1. The zero-order valence-electron chi connectivity index (χ0n) is 34.0. The summed E-state index contributed by atoms with van der Waals surface area (Å²) in [7, 11) is -5.08. The van der Waals surface area contributed by atoms with Gasteiger partial charge in [-0.1, -0.05) is 65.8 Å². The SMILES string of the molecule is CC(C)(C)OC(=O)Nc1nc(/C(=N\OC2(C(=O)OC(c3ccccc3)c3ccccc3)CC2)C(=O)N[C@@H]2C(=O)N(S(=O)(=O)O)[C@@H]2Cn2ncc(CSC3Cn4cnc[n+]4C3)n2)cs1. The van der Waals surface area contributed by atoms with Crippen LogP contribution in [0, 0.1) is 0 Å². The number of amides is 3. The first-order valence-electron chi connectivity index (χ1n) is 19.6. The van der Waals surface area contributed by atoms with Crippen molar-refractivity contribution in [2.45, 2.75) is 93.6 Å². The van der Waals surface area contributed by atoms with Crippen molar-refractivity contribution in [3.63, 3.8) is 0 Å². The Labute approximate surface area is 368 Å². The first kappa shape index (κ1) is 43.4. The molecule has 3 N–H and O–H groups in total. The minimum atomic E-state index is -5.08. The van der Waals surface area contributed by atoms with E-state index in [0.717, 1.165) is 24.4 Å². The van der Waals surface area contributed by atoms with Crippen molar-refractivity contribution in [2.24, 2.45) is 5.16 Å². The normalized spacial score (nSPS) is 19.3. The molecule has 0 bridgehead atoms. The maximum atomic E-state index is 14.2. The minimum Gasteiger partial charge on any atom is -0.450 e. The second kappa shape index (κ2) is 17.5. The molecular weight excluding hydrogens is 879 g/mol. The van der Waals surface area contributed by atoms with Gasteiger partial charge in [-0.3, -0.25) is 19.5 Å². The van der Waals surface area contributed by atoms with E-state index in [2.05, 4.69) is 36.0 Å². The molecule has 330 valence electrons. The van der Waals surface area contributed by atoms with E-state index in [-0.39, 0.29) is 39.8 Å². The number of nitrogens with one attached hydrogen (secondary N) is 2. The predicted octanol–water partition coefficient (Wildman–Crippen LogP) is 2.67. The third-order valence-corrected chi connectivity index (χ3v) is 12.9. The standard InChI is InChI=1S/C39H41N11O10S3/c1-38(2,3)59-37(54)44-36-42-28(21-62-36)30(46-60-39(14-15-39)35(53)58-32(24-10-6-4-7-11-24)25-12-8-5-9-13-25)33(51)43-31-29(50(34(31)52)63(55,56)57)19-49-41-16-26(45-49)20-61-27-17-47-22-40-23-48(47)18-27/h4-13,16,21-23,27,29,31-32H,14-15,17-20H2,1-3H3,(H2-,42,43,44,51,54,55,56,57)/p+1/b46-30+/t29-,31+/m1/s1. The summed E-state index contributed by atoms with van der Waals surface area (Å²) in [4.78, 5) is 69.4. The number of thiazole rings is 1. The van der Waals surface area contributed by atoms with Crippen LogP contribution in [-0.2, 0) is 64.4 Å². The Balaban J connectivity index is 1.01. The van der Waals surface area contributed by atoms with Gasteiger partial charge in [0.15, 0.2) is 16.9 Å². The van der Waals surface area contributed by atoms with Gasteiger partial charge in [-0.15, -0.1) is 23.1 Å². The maximum absolute atomic E-state index is 14.2. The number of hydrogen-bond acceptors (Lipinski definition) is 16. The van der Waals surface area contributed by atoms with Gasteiger partial charge in [0.05, 0.1) is 30.2 Å². The van der Waals surface area contributed by atoms with Gasteiger partial charge in [0, 0.05) is 24.0 Å². The second-order valence-electron chi connectivity index (χ2n) is 15.9. The van der Waals surface area contributed by atoms with Crippen molar-refractivity contribution in [1.82, 2.24) is 39.3 Å². The predicted molar refractivity (Wildman–Crippen MR) is 224 cm³/mol. The van der Waals surface area contributed by atoms with Gasteiger partial charge in [0.25, 0.3) is 11.8 Å². The van der Waals surface area contributed by atoms with Crippen molar-refractivity contribution >= 4 is 68.1 Å². The number of anilines is 1. The van der Waals surface area contributed by atoms with Crippen LogP contribution in [-0.4, -0.2) is 105 Å². The number of carbonyl (C=O) groups excluding carboxylic acids is 4. The van der Waals surface area contributed by atoms with E-state index < -0.39 is 69.3 Å². The highest BCUT2D eigenvalue weighted by molar-refractivity contribution is 7.99. The number of β-lactam (4-membered cyclic amide) rings is 1. The molecular formula is C39H42N11O10S3+. The molecule has 5 aromatic rings. The number of oxime groups is 1. The number of rotatable bonds is 16. The number of aromatic nitrogens is 7. The minimum absolute atomic E-state index is 0.0145. The molecule has 3 aromatic heterocycles. The average Bonchev–Trinajstić information content (AvgIpc) is 3.62. The fourth-order valence-electron chi connectivity index (χ4n) is 6.82. The smallest absolute Gasteiger partial charge is 0.413 e. The summed E-state index contributed by atoms with van der Waals surface area (Å²) in [6.07, 6.45) is 3.79. The molecule has 0 spiro atoms. The second-order valence-corrected chi connectivity index (χ2v) is 19.3. The van der Waals surface area contributed by atoms with E-state index in [4.69, 9.17) is 14.3 Å². The number of esters is 1. The summed E-state index contributed by atoms with van der Waals surface area (Å²) in [6, 6.07) is 15.4. The molecule has 2 aliphatic heterocycles. The number of hydrogen-bond donors (Lipinski definition) is 3. The maximum Gasteiger partial charge on any atom is 0.413 e. The van der Waals surface area contributed by atoms with Gasteiger partial charge in [-0.05, 0) is 36.9 Å². The Morgan fingerprint density at radius 2 is 1.79 bits per heavy atom. The van der Waals surface area contributed by atoms with Crippen LogP contribution in [0.3, 0.4) is 0 Å². The van der Waals surface area contributed by atoms with E-state index in [1.165, 1.54) is 16.4 Å². The number of thioether (sulfide) groups is 1. The molecule has 63 heavy (non-hydrogen) atoms. The van der Waals surface area contributed by atoms with Crippen LogP contribution >= 0.6 is 23.1 Å². The topological polar surface area (TPSA) is 255 Å². The van der Waals surface area contributed by atoms with E-state index in [0.29, 0.717) is 22.6 Å². The first-order chi connectivity index (χ1) is 30.0. The lowest BCUT2D eigenvalue weighted by Gasteiger charge is -2.43. The number of fused-ring (bicyclic) bond motifs is 1. The molecule has 2 fully saturated rings. The Hall–Kier alpha value is -6.24. The summed E-state index contributed by atoms with van der Waals surface area (Å²) in [5, 5.41) is 19.4. The van der Waals surface area contributed by atoms with E-state index >= 15 is 0 Å². The highest BCUT2D eigenvalue weighted by atomic mass is 32.2. The molecule has 5 heterocycles. The fraction of sp³-hybridized carbons (Fsp3) is 0.385. The molecule has 8 rings (SSSR count). The quantitative estimate of drug-likeness (QED) is 0.0321. The van der Waals surface area contributed by atoms with Crippen LogP contribution in [0.4, 0.5) is 9.93 Å². The molecule has 0 unspecified atom stereocenters. The average molecular weight is 921 g/mol. The van der Waals surface area contributed by atoms with Crippen LogP contribution in [0.1, 0.15) is 62.2 Å². The first-order valence-corrected chi connectivity index (χ1v) is 22.9. The van der Waals surface area contributed by atoms with Crippen molar-refractivity contribution in [3.05, 3.63) is 107 Å². The van der Waals surface area contributed by atoms with Crippen molar-refractivity contribution in [3.8, 4) is 0 Å². The van der Waals surface area contributed by atoms with Crippen LogP contribution in [0.2, 0.25) is 0 Å². The summed E-state index contributed by atoms with van der Waals surface area (Å²) in [5.41, 5.74) is -1.06. The number of benzene rings is 2. The van der Waals surface area contributed by atoms with Crippen LogP contribution in [0.25, 0.3) is 0 Å². The van der Waals surface area contributed by atoms with Crippen molar-refractivity contribution in [2.75, 3.05) is 5.32 Å². The molecule has 3 amide bonds. The van der Waals surface area contributed by atoms with Crippen LogP contribution in [0.5, 0.6) is 0 Å². The summed E-state index contributed by atoms with van der Waals surface area (Å²) in [5.74, 6) is -2.46. The lowest BCUT2D eigenvalue weighted by atomic mass is 9.98. The lowest BCUT2D eigenvalue weighted by Crippen LogP contribution is -2.73. The number of carbonyl (C=O) groups is 4. The van der Waals surface area contributed by atoms with Gasteiger partial charge in [-0.2, -0.15) is 32.8 Å². The molecule has 24 heteroatoms. The Morgan fingerprint density at radius 3 is 2.43 bits per heavy atom. The summed E-state index contributed by atoms with van der Waals surface area (Å²) < 4.78 is 50.4. The molecule has 3 aliphatic rings. The van der Waals surface area contributed by atoms with Gasteiger partial charge < -0.3 is 19.6 Å². The monoisotopic (exact) mass is 920 g/mol. The fourth-order valence-corrected chi connectivity index (χ4v) is 9.43. The number of ether oxygens (including phenoxy) is 2. The molecule has 2 aromatic carbocycles. The molecule has 2 atom stereocenters. The molecule has 1 aliphatic carbocycles.